The van der Waals surface area contributed by atoms with Gasteiger partial charge in [-0.15, -0.1) is 0 Å². The van der Waals surface area contributed by atoms with Crippen LogP contribution in [0, 0.1) is 0 Å². The fourth-order valence-electron chi connectivity index (χ4n) is 1.65. The van der Waals surface area contributed by atoms with E-state index in [9.17, 15) is 4.79 Å². The highest BCUT2D eigenvalue weighted by molar-refractivity contribution is 6.33. The number of carboxylic acid groups (broad SMARTS) is 1. The normalized spacial score (nSPS) is 12.2. The van der Waals surface area contributed by atoms with Gasteiger partial charge in [-0.05, 0) is 31.5 Å². The van der Waals surface area contributed by atoms with Crippen molar-refractivity contribution >= 4 is 23.3 Å². The van der Waals surface area contributed by atoms with Crippen LogP contribution in [0.1, 0.15) is 43.5 Å². The van der Waals surface area contributed by atoms with Gasteiger partial charge in [-0.3, -0.25) is 0 Å². The predicted octanol–water partition coefficient (Wildman–Crippen LogP) is 4.03. The Morgan fingerprint density at radius 3 is 2.76 bits per heavy atom. The molecule has 0 spiro atoms. The summed E-state index contributed by atoms with van der Waals surface area (Å²) in [6, 6.07) is 5.30. The molecule has 0 amide bonds. The van der Waals surface area contributed by atoms with E-state index >= 15 is 0 Å². The van der Waals surface area contributed by atoms with Crippen LogP contribution in [0.25, 0.3) is 0 Å². The van der Waals surface area contributed by atoms with Crippen molar-refractivity contribution in [2.75, 3.05) is 5.32 Å². The van der Waals surface area contributed by atoms with Gasteiger partial charge in [0.25, 0.3) is 0 Å². The largest absolute Gasteiger partial charge is 0.478 e. The molecular formula is C13H18ClNO2. The molecular weight excluding hydrogens is 238 g/mol. The third-order valence-corrected chi connectivity index (χ3v) is 2.92. The van der Waals surface area contributed by atoms with Crippen LogP contribution < -0.4 is 5.32 Å². The van der Waals surface area contributed by atoms with E-state index < -0.39 is 5.97 Å². The minimum Gasteiger partial charge on any atom is -0.478 e. The number of anilines is 1. The molecule has 1 aromatic rings. The van der Waals surface area contributed by atoms with E-state index in [0.717, 1.165) is 12.1 Å². The molecule has 0 saturated carbocycles. The molecule has 0 aliphatic carbocycles. The van der Waals surface area contributed by atoms with Crippen molar-refractivity contribution in [3.05, 3.63) is 28.8 Å². The average molecular weight is 256 g/mol. The number of benzene rings is 1. The maximum atomic E-state index is 10.8. The summed E-state index contributed by atoms with van der Waals surface area (Å²) in [7, 11) is 0. The Morgan fingerprint density at radius 1 is 1.53 bits per heavy atom. The second-order valence-electron chi connectivity index (χ2n) is 4.19. The smallest absolute Gasteiger partial charge is 0.337 e. The minimum atomic E-state index is -0.999. The van der Waals surface area contributed by atoms with Gasteiger partial charge in [-0.2, -0.15) is 0 Å². The van der Waals surface area contributed by atoms with E-state index in [1.165, 1.54) is 18.9 Å². The fourth-order valence-corrected chi connectivity index (χ4v) is 1.91. The summed E-state index contributed by atoms with van der Waals surface area (Å²) in [5.41, 5.74) is 1.00. The second-order valence-corrected chi connectivity index (χ2v) is 4.59. The molecule has 0 bridgehead atoms. The van der Waals surface area contributed by atoms with Gasteiger partial charge in [-0.25, -0.2) is 4.79 Å². The molecule has 17 heavy (non-hydrogen) atoms. The van der Waals surface area contributed by atoms with E-state index in [4.69, 9.17) is 16.7 Å². The maximum absolute atomic E-state index is 10.8. The highest BCUT2D eigenvalue weighted by Crippen LogP contribution is 2.22. The van der Waals surface area contributed by atoms with Crippen LogP contribution in [0.4, 0.5) is 5.69 Å². The van der Waals surface area contributed by atoms with E-state index in [0.29, 0.717) is 6.04 Å². The molecule has 0 saturated heterocycles. The lowest BCUT2D eigenvalue weighted by atomic mass is 10.1. The van der Waals surface area contributed by atoms with Crippen LogP contribution >= 0.6 is 11.6 Å². The molecule has 0 heterocycles. The van der Waals surface area contributed by atoms with Crippen molar-refractivity contribution in [2.45, 2.75) is 39.2 Å². The Bertz CT molecular complexity index is 393. The number of unbranched alkanes of at least 4 members (excludes halogenated alkanes) is 1. The first-order chi connectivity index (χ1) is 8.04. The second kappa shape index (κ2) is 6.50. The Hall–Kier alpha value is -1.22. The van der Waals surface area contributed by atoms with E-state index in [2.05, 4.69) is 19.2 Å². The number of hydrogen-bond donors (Lipinski definition) is 2. The molecule has 1 atom stereocenters. The van der Waals surface area contributed by atoms with Crippen LogP contribution in [-0.4, -0.2) is 17.1 Å². The summed E-state index contributed by atoms with van der Waals surface area (Å²) in [5, 5.41) is 12.4. The number of nitrogens with one attached hydrogen (secondary N) is 1. The first-order valence-corrected chi connectivity index (χ1v) is 6.21. The molecule has 0 aromatic heterocycles. The van der Waals surface area contributed by atoms with Crippen molar-refractivity contribution in [2.24, 2.45) is 0 Å². The van der Waals surface area contributed by atoms with Gasteiger partial charge >= 0.3 is 5.97 Å². The summed E-state index contributed by atoms with van der Waals surface area (Å²) >= 11 is 5.89. The lowest BCUT2D eigenvalue weighted by Crippen LogP contribution is -2.14. The summed E-state index contributed by atoms with van der Waals surface area (Å²) in [6.45, 7) is 4.26. The van der Waals surface area contributed by atoms with Gasteiger partial charge in [0.2, 0.25) is 0 Å². The molecule has 0 fully saturated rings. The van der Waals surface area contributed by atoms with Crippen LogP contribution in [0.15, 0.2) is 18.2 Å². The Kier molecular flexibility index (Phi) is 5.29. The molecule has 2 N–H and O–H groups in total. The predicted molar refractivity (Wildman–Crippen MR) is 71.0 cm³/mol. The molecule has 1 unspecified atom stereocenters. The summed E-state index contributed by atoms with van der Waals surface area (Å²) < 4.78 is 0. The number of halogens is 1. The summed E-state index contributed by atoms with van der Waals surface area (Å²) in [4.78, 5) is 10.8. The molecule has 4 heteroatoms. The Balaban J connectivity index is 2.67. The van der Waals surface area contributed by atoms with Crippen LogP contribution in [-0.2, 0) is 0 Å². The molecule has 0 aliphatic heterocycles. The van der Waals surface area contributed by atoms with E-state index in [-0.39, 0.29) is 10.6 Å². The lowest BCUT2D eigenvalue weighted by Gasteiger charge is -2.15. The van der Waals surface area contributed by atoms with Gasteiger partial charge in [0.1, 0.15) is 0 Å². The van der Waals surface area contributed by atoms with Crippen molar-refractivity contribution in [3.63, 3.8) is 0 Å². The first-order valence-electron chi connectivity index (χ1n) is 5.84. The summed E-state index contributed by atoms with van der Waals surface area (Å²) in [6.07, 6.45) is 3.44. The van der Waals surface area contributed by atoms with Crippen molar-refractivity contribution in [1.29, 1.82) is 0 Å². The lowest BCUT2D eigenvalue weighted by molar-refractivity contribution is 0.0697. The Morgan fingerprint density at radius 2 is 2.24 bits per heavy atom. The molecule has 1 aromatic carbocycles. The van der Waals surface area contributed by atoms with Crippen molar-refractivity contribution in [3.8, 4) is 0 Å². The highest BCUT2D eigenvalue weighted by Gasteiger charge is 2.09. The fraction of sp³-hybridized carbons (Fsp3) is 0.462. The Labute approximate surface area is 107 Å². The third kappa shape index (κ3) is 4.27. The molecule has 1 rings (SSSR count). The highest BCUT2D eigenvalue weighted by atomic mass is 35.5. The topological polar surface area (TPSA) is 49.3 Å². The number of hydrogen-bond acceptors (Lipinski definition) is 2. The molecule has 0 aliphatic rings. The first kappa shape index (κ1) is 13.8. The monoisotopic (exact) mass is 255 g/mol. The van der Waals surface area contributed by atoms with Gasteiger partial charge in [-0.1, -0.05) is 31.4 Å². The van der Waals surface area contributed by atoms with Gasteiger partial charge in [0, 0.05) is 11.7 Å². The van der Waals surface area contributed by atoms with E-state index in [1.54, 1.807) is 12.1 Å². The average Bonchev–Trinajstić information content (AvgIpc) is 2.26. The number of aromatic carboxylic acids is 1. The van der Waals surface area contributed by atoms with Crippen molar-refractivity contribution < 1.29 is 9.90 Å². The zero-order chi connectivity index (χ0) is 12.8. The van der Waals surface area contributed by atoms with Crippen LogP contribution in [0.5, 0.6) is 0 Å². The standard InChI is InChI=1S/C13H18ClNO2/c1-3-4-5-9(2)15-10-6-7-11(13(16)17)12(14)8-10/h6-9,15H,3-5H2,1-2H3,(H,16,17). The molecule has 3 nitrogen and oxygen atoms in total. The quantitative estimate of drug-likeness (QED) is 0.807. The van der Waals surface area contributed by atoms with Crippen molar-refractivity contribution in [1.82, 2.24) is 0 Å². The zero-order valence-electron chi connectivity index (χ0n) is 10.2. The third-order valence-electron chi connectivity index (χ3n) is 2.60. The van der Waals surface area contributed by atoms with Gasteiger partial charge in [0.05, 0.1) is 10.6 Å². The number of carboxylic acids is 1. The van der Waals surface area contributed by atoms with Gasteiger partial charge in [0.15, 0.2) is 0 Å². The summed E-state index contributed by atoms with van der Waals surface area (Å²) in [5.74, 6) is -0.999. The zero-order valence-corrected chi connectivity index (χ0v) is 10.9. The number of rotatable bonds is 6. The van der Waals surface area contributed by atoms with Crippen LogP contribution in [0.2, 0.25) is 5.02 Å². The molecule has 94 valence electrons. The van der Waals surface area contributed by atoms with Gasteiger partial charge < -0.3 is 10.4 Å². The number of carbonyl (C=O) groups is 1. The maximum Gasteiger partial charge on any atom is 0.337 e. The molecule has 0 radical (unpaired) electrons. The van der Waals surface area contributed by atoms with E-state index in [1.807, 2.05) is 0 Å². The van der Waals surface area contributed by atoms with Crippen LogP contribution in [0.3, 0.4) is 0 Å². The SMILES string of the molecule is CCCCC(C)Nc1ccc(C(=O)O)c(Cl)c1. The minimum absolute atomic E-state index is 0.137.